The highest BCUT2D eigenvalue weighted by atomic mass is 35.5. The highest BCUT2D eigenvalue weighted by molar-refractivity contribution is 6.32. The number of unbranched alkanes of at least 4 members (excludes halogenated alkanes) is 1. The third-order valence-corrected chi connectivity index (χ3v) is 4.73. The van der Waals surface area contributed by atoms with Crippen LogP contribution in [0.5, 0.6) is 11.5 Å². The first-order valence-corrected chi connectivity index (χ1v) is 10.9. The van der Waals surface area contributed by atoms with Crippen LogP contribution in [0.1, 0.15) is 49.8 Å². The molecule has 0 saturated carbocycles. The van der Waals surface area contributed by atoms with Crippen LogP contribution in [-0.2, 0) is 17.9 Å². The van der Waals surface area contributed by atoms with E-state index in [0.29, 0.717) is 29.7 Å². The minimum atomic E-state index is 0.455. The van der Waals surface area contributed by atoms with Crippen LogP contribution >= 0.6 is 11.6 Å². The molecule has 0 heterocycles. The molecule has 2 aromatic rings. The van der Waals surface area contributed by atoms with Gasteiger partial charge in [-0.05, 0) is 56.5 Å². The molecule has 2 aromatic carbocycles. The van der Waals surface area contributed by atoms with Gasteiger partial charge in [-0.2, -0.15) is 0 Å². The third-order valence-electron chi connectivity index (χ3n) is 4.45. The summed E-state index contributed by atoms with van der Waals surface area (Å²) < 4.78 is 17.4. The summed E-state index contributed by atoms with van der Waals surface area (Å²) in [4.78, 5) is 0. The highest BCUT2D eigenvalue weighted by Gasteiger charge is 2.13. The molecular weight excluding hydrogens is 386 g/mol. The Morgan fingerprint density at radius 2 is 1.79 bits per heavy atom. The van der Waals surface area contributed by atoms with Crippen LogP contribution < -0.4 is 14.8 Å². The smallest absolute Gasteiger partial charge is 0.180 e. The SMILES string of the molecule is CCCCOCCCNCc1cc(Cl)c(OCc2cccc(C)c2)c(OCC)c1. The Morgan fingerprint density at radius 3 is 2.55 bits per heavy atom. The minimum Gasteiger partial charge on any atom is -0.490 e. The number of rotatable bonds is 14. The Labute approximate surface area is 180 Å². The van der Waals surface area contributed by atoms with Gasteiger partial charge in [-0.3, -0.25) is 0 Å². The second kappa shape index (κ2) is 13.5. The molecule has 0 fully saturated rings. The number of hydrogen-bond acceptors (Lipinski definition) is 4. The zero-order valence-electron chi connectivity index (χ0n) is 17.9. The zero-order valence-corrected chi connectivity index (χ0v) is 18.7. The molecule has 0 unspecified atom stereocenters. The van der Waals surface area contributed by atoms with Gasteiger partial charge in [-0.1, -0.05) is 54.8 Å². The molecule has 0 radical (unpaired) electrons. The number of hydrogen-bond donors (Lipinski definition) is 1. The summed E-state index contributed by atoms with van der Waals surface area (Å²) in [6, 6.07) is 12.2. The van der Waals surface area contributed by atoms with Gasteiger partial charge in [0.25, 0.3) is 0 Å². The Kier molecular flexibility index (Phi) is 10.9. The first kappa shape index (κ1) is 23.5. The van der Waals surface area contributed by atoms with E-state index in [1.165, 1.54) is 12.0 Å². The van der Waals surface area contributed by atoms with E-state index in [4.69, 9.17) is 25.8 Å². The molecule has 0 amide bonds. The normalized spacial score (nSPS) is 10.9. The number of benzene rings is 2. The lowest BCUT2D eigenvalue weighted by Gasteiger charge is -2.16. The van der Waals surface area contributed by atoms with Crippen molar-refractivity contribution in [1.29, 1.82) is 0 Å². The van der Waals surface area contributed by atoms with E-state index in [-0.39, 0.29) is 0 Å². The Bertz CT molecular complexity index is 736. The standard InChI is InChI=1S/C24H34ClNO3/c1-4-6-12-27-13-8-11-26-17-21-15-22(25)24(23(16-21)28-5-2)29-18-20-10-7-9-19(3)14-20/h7,9-10,14-16,26H,4-6,8,11-13,17-18H2,1-3H3. The van der Waals surface area contributed by atoms with Crippen LogP contribution in [0, 0.1) is 6.92 Å². The molecule has 0 aliphatic carbocycles. The van der Waals surface area contributed by atoms with E-state index < -0.39 is 0 Å². The number of ether oxygens (including phenoxy) is 3. The number of aryl methyl sites for hydroxylation is 1. The van der Waals surface area contributed by atoms with Crippen LogP contribution in [0.25, 0.3) is 0 Å². The lowest BCUT2D eigenvalue weighted by Crippen LogP contribution is -2.16. The van der Waals surface area contributed by atoms with Gasteiger partial charge in [0.05, 0.1) is 11.6 Å². The van der Waals surface area contributed by atoms with Crippen molar-refractivity contribution in [3.63, 3.8) is 0 Å². The van der Waals surface area contributed by atoms with Gasteiger partial charge in [0.1, 0.15) is 6.61 Å². The van der Waals surface area contributed by atoms with Crippen LogP contribution in [0.2, 0.25) is 5.02 Å². The summed E-state index contributed by atoms with van der Waals surface area (Å²) >= 11 is 6.53. The first-order valence-electron chi connectivity index (χ1n) is 10.6. The molecule has 0 bridgehead atoms. The van der Waals surface area contributed by atoms with Gasteiger partial charge in [0.2, 0.25) is 0 Å². The van der Waals surface area contributed by atoms with Crippen LogP contribution in [0.15, 0.2) is 36.4 Å². The molecule has 1 N–H and O–H groups in total. The van der Waals surface area contributed by atoms with Crippen LogP contribution in [0.4, 0.5) is 0 Å². The van der Waals surface area contributed by atoms with Crippen LogP contribution in [-0.4, -0.2) is 26.4 Å². The van der Waals surface area contributed by atoms with Crippen molar-refractivity contribution in [2.24, 2.45) is 0 Å². The highest BCUT2D eigenvalue weighted by Crippen LogP contribution is 2.37. The topological polar surface area (TPSA) is 39.7 Å². The summed E-state index contributed by atoms with van der Waals surface area (Å²) in [6.45, 7) is 10.5. The average molecular weight is 420 g/mol. The zero-order chi connectivity index (χ0) is 20.9. The van der Waals surface area contributed by atoms with Crippen molar-refractivity contribution in [2.75, 3.05) is 26.4 Å². The van der Waals surface area contributed by atoms with Crippen LogP contribution in [0.3, 0.4) is 0 Å². The summed E-state index contributed by atoms with van der Waals surface area (Å²) in [5, 5.41) is 4.01. The number of nitrogens with one attached hydrogen (secondary N) is 1. The minimum absolute atomic E-state index is 0.455. The summed E-state index contributed by atoms with van der Waals surface area (Å²) in [7, 11) is 0. The summed E-state index contributed by atoms with van der Waals surface area (Å²) in [6.07, 6.45) is 3.30. The number of halogens is 1. The van der Waals surface area contributed by atoms with Crippen molar-refractivity contribution < 1.29 is 14.2 Å². The first-order chi connectivity index (χ1) is 14.1. The molecule has 0 aromatic heterocycles. The predicted molar refractivity (Wildman–Crippen MR) is 120 cm³/mol. The quantitative estimate of drug-likeness (QED) is 0.385. The molecular formula is C24H34ClNO3. The maximum Gasteiger partial charge on any atom is 0.180 e. The molecule has 4 nitrogen and oxygen atoms in total. The molecule has 0 saturated heterocycles. The second-order valence-electron chi connectivity index (χ2n) is 7.11. The van der Waals surface area contributed by atoms with E-state index in [1.807, 2.05) is 31.2 Å². The summed E-state index contributed by atoms with van der Waals surface area (Å²) in [5.41, 5.74) is 3.39. The molecule has 0 aliphatic heterocycles. The Balaban J connectivity index is 1.89. The molecule has 2 rings (SSSR count). The molecule has 0 spiro atoms. The van der Waals surface area contributed by atoms with Crippen molar-refractivity contribution in [3.05, 3.63) is 58.1 Å². The monoisotopic (exact) mass is 419 g/mol. The molecule has 0 aliphatic rings. The van der Waals surface area contributed by atoms with E-state index in [1.54, 1.807) is 0 Å². The van der Waals surface area contributed by atoms with E-state index in [9.17, 15) is 0 Å². The average Bonchev–Trinajstić information content (AvgIpc) is 2.70. The van der Waals surface area contributed by atoms with Gasteiger partial charge in [0, 0.05) is 19.8 Å². The van der Waals surface area contributed by atoms with E-state index >= 15 is 0 Å². The molecule has 0 atom stereocenters. The molecule has 29 heavy (non-hydrogen) atoms. The second-order valence-corrected chi connectivity index (χ2v) is 7.52. The van der Waals surface area contributed by atoms with Gasteiger partial charge in [-0.15, -0.1) is 0 Å². The van der Waals surface area contributed by atoms with Gasteiger partial charge < -0.3 is 19.5 Å². The maximum atomic E-state index is 6.53. The van der Waals surface area contributed by atoms with Crippen molar-refractivity contribution >= 4 is 11.6 Å². The fourth-order valence-electron chi connectivity index (χ4n) is 2.96. The van der Waals surface area contributed by atoms with E-state index in [2.05, 4.69) is 31.3 Å². The molecule has 5 heteroatoms. The fraction of sp³-hybridized carbons (Fsp3) is 0.500. The Morgan fingerprint density at radius 1 is 0.966 bits per heavy atom. The van der Waals surface area contributed by atoms with E-state index in [0.717, 1.165) is 50.3 Å². The largest absolute Gasteiger partial charge is 0.490 e. The van der Waals surface area contributed by atoms with Crippen molar-refractivity contribution in [1.82, 2.24) is 5.32 Å². The van der Waals surface area contributed by atoms with Crippen molar-refractivity contribution in [3.8, 4) is 11.5 Å². The third kappa shape index (κ3) is 8.65. The summed E-state index contributed by atoms with van der Waals surface area (Å²) in [5.74, 6) is 1.29. The fourth-order valence-corrected chi connectivity index (χ4v) is 3.25. The van der Waals surface area contributed by atoms with Gasteiger partial charge in [-0.25, -0.2) is 0 Å². The predicted octanol–water partition coefficient (Wildman–Crippen LogP) is 5.92. The maximum absolute atomic E-state index is 6.53. The molecule has 160 valence electrons. The van der Waals surface area contributed by atoms with Gasteiger partial charge >= 0.3 is 0 Å². The Hall–Kier alpha value is -1.75. The lowest BCUT2D eigenvalue weighted by molar-refractivity contribution is 0.129. The van der Waals surface area contributed by atoms with Gasteiger partial charge in [0.15, 0.2) is 11.5 Å². The lowest BCUT2D eigenvalue weighted by atomic mass is 10.1. The van der Waals surface area contributed by atoms with Crippen molar-refractivity contribution in [2.45, 2.75) is 53.2 Å².